The van der Waals surface area contributed by atoms with Crippen molar-refractivity contribution in [2.75, 3.05) is 0 Å². The van der Waals surface area contributed by atoms with Crippen molar-refractivity contribution in [2.45, 2.75) is 19.4 Å². The van der Waals surface area contributed by atoms with Gasteiger partial charge in [-0.3, -0.25) is 0 Å². The Morgan fingerprint density at radius 2 is 1.87 bits per heavy atom. The van der Waals surface area contributed by atoms with Gasteiger partial charge in [0.25, 0.3) is 0 Å². The van der Waals surface area contributed by atoms with Gasteiger partial charge in [0.2, 0.25) is 0 Å². The first-order valence-electron chi connectivity index (χ1n) is 4.67. The van der Waals surface area contributed by atoms with Crippen LogP contribution in [-0.2, 0) is 10.3 Å². The maximum absolute atomic E-state index is 11.2. The minimum Gasteiger partial charge on any atom is -0.480 e. The number of halogens is 1. The van der Waals surface area contributed by atoms with E-state index in [0.717, 1.165) is 0 Å². The number of rotatable bonds is 3. The van der Waals surface area contributed by atoms with Gasteiger partial charge in [0.15, 0.2) is 0 Å². The van der Waals surface area contributed by atoms with Crippen LogP contribution in [0, 0.1) is 5.92 Å². The molecule has 15 heavy (non-hydrogen) atoms. The molecular formula is C11H14ClNO2. The molecule has 0 bridgehead atoms. The molecule has 3 nitrogen and oxygen atoms in total. The number of hydrogen-bond donors (Lipinski definition) is 2. The Morgan fingerprint density at radius 3 is 2.20 bits per heavy atom. The van der Waals surface area contributed by atoms with E-state index in [-0.39, 0.29) is 5.92 Å². The molecule has 82 valence electrons. The molecule has 0 fully saturated rings. The number of carboxylic acid groups (broad SMARTS) is 1. The summed E-state index contributed by atoms with van der Waals surface area (Å²) in [5, 5.41) is 9.73. The lowest BCUT2D eigenvalue weighted by Gasteiger charge is -2.29. The van der Waals surface area contributed by atoms with Gasteiger partial charge in [0.1, 0.15) is 5.54 Å². The van der Waals surface area contributed by atoms with Gasteiger partial charge in [-0.15, -0.1) is 0 Å². The lowest BCUT2D eigenvalue weighted by atomic mass is 9.81. The maximum atomic E-state index is 11.2. The van der Waals surface area contributed by atoms with Gasteiger partial charge in [0, 0.05) is 5.02 Å². The molecule has 0 saturated heterocycles. The molecule has 0 aromatic heterocycles. The highest BCUT2D eigenvalue weighted by molar-refractivity contribution is 6.30. The van der Waals surface area contributed by atoms with E-state index in [2.05, 4.69) is 0 Å². The smallest absolute Gasteiger partial charge is 0.328 e. The van der Waals surface area contributed by atoms with Crippen LogP contribution in [0.4, 0.5) is 0 Å². The summed E-state index contributed by atoms with van der Waals surface area (Å²) < 4.78 is 0. The second kappa shape index (κ2) is 4.21. The molecule has 0 aliphatic carbocycles. The van der Waals surface area contributed by atoms with Gasteiger partial charge in [-0.1, -0.05) is 37.6 Å². The zero-order chi connectivity index (χ0) is 11.6. The van der Waals surface area contributed by atoms with Crippen molar-refractivity contribution in [3.05, 3.63) is 34.9 Å². The number of benzene rings is 1. The van der Waals surface area contributed by atoms with Gasteiger partial charge in [-0.05, 0) is 23.6 Å². The Hall–Kier alpha value is -1.06. The predicted octanol–water partition coefficient (Wildman–Crippen LogP) is 2.23. The van der Waals surface area contributed by atoms with E-state index in [4.69, 9.17) is 22.4 Å². The average Bonchev–Trinajstić information content (AvgIpc) is 2.17. The highest BCUT2D eigenvalue weighted by Gasteiger charge is 2.39. The average molecular weight is 228 g/mol. The molecule has 4 heteroatoms. The van der Waals surface area contributed by atoms with E-state index in [1.165, 1.54) is 0 Å². The van der Waals surface area contributed by atoms with Crippen molar-refractivity contribution < 1.29 is 9.90 Å². The summed E-state index contributed by atoms with van der Waals surface area (Å²) in [6.07, 6.45) is 0. The largest absolute Gasteiger partial charge is 0.480 e. The summed E-state index contributed by atoms with van der Waals surface area (Å²) in [5.41, 5.74) is 5.12. The first kappa shape index (κ1) is 12.0. The molecule has 0 heterocycles. The first-order chi connectivity index (χ1) is 6.89. The van der Waals surface area contributed by atoms with Gasteiger partial charge in [-0.25, -0.2) is 4.79 Å². The molecular weight excluding hydrogens is 214 g/mol. The lowest BCUT2D eigenvalue weighted by Crippen LogP contribution is -2.49. The van der Waals surface area contributed by atoms with Crippen LogP contribution < -0.4 is 5.73 Å². The second-order valence-corrected chi connectivity index (χ2v) is 4.27. The zero-order valence-electron chi connectivity index (χ0n) is 8.70. The molecule has 1 rings (SSSR count). The number of aliphatic carboxylic acids is 1. The monoisotopic (exact) mass is 227 g/mol. The number of hydrogen-bond acceptors (Lipinski definition) is 2. The van der Waals surface area contributed by atoms with Crippen LogP contribution in [0.5, 0.6) is 0 Å². The molecule has 0 aliphatic heterocycles. The molecule has 1 aromatic carbocycles. The number of carboxylic acids is 1. The molecule has 1 aromatic rings. The van der Waals surface area contributed by atoms with E-state index in [0.29, 0.717) is 10.6 Å². The molecule has 3 N–H and O–H groups in total. The van der Waals surface area contributed by atoms with E-state index < -0.39 is 11.5 Å². The highest BCUT2D eigenvalue weighted by Crippen LogP contribution is 2.28. The van der Waals surface area contributed by atoms with Crippen molar-refractivity contribution in [3.8, 4) is 0 Å². The Balaban J connectivity index is 3.22. The van der Waals surface area contributed by atoms with E-state index >= 15 is 0 Å². The van der Waals surface area contributed by atoms with E-state index in [9.17, 15) is 4.79 Å². The van der Waals surface area contributed by atoms with Crippen LogP contribution in [-0.4, -0.2) is 11.1 Å². The van der Waals surface area contributed by atoms with Crippen LogP contribution in [0.25, 0.3) is 0 Å². The minimum atomic E-state index is -1.36. The number of carbonyl (C=O) groups is 1. The molecule has 0 radical (unpaired) electrons. The van der Waals surface area contributed by atoms with Crippen molar-refractivity contribution >= 4 is 17.6 Å². The summed E-state index contributed by atoms with van der Waals surface area (Å²) in [6.45, 7) is 3.56. The quantitative estimate of drug-likeness (QED) is 0.833. The summed E-state index contributed by atoms with van der Waals surface area (Å²) >= 11 is 5.73. The first-order valence-corrected chi connectivity index (χ1v) is 5.05. The molecule has 0 saturated carbocycles. The third-order valence-electron chi connectivity index (χ3n) is 2.59. The highest BCUT2D eigenvalue weighted by atomic mass is 35.5. The Morgan fingerprint density at radius 1 is 1.40 bits per heavy atom. The predicted molar refractivity (Wildman–Crippen MR) is 59.8 cm³/mol. The molecule has 1 unspecified atom stereocenters. The van der Waals surface area contributed by atoms with Crippen LogP contribution in [0.15, 0.2) is 24.3 Å². The summed E-state index contributed by atoms with van der Waals surface area (Å²) in [6, 6.07) is 6.58. The molecule has 1 atom stereocenters. The summed E-state index contributed by atoms with van der Waals surface area (Å²) in [4.78, 5) is 11.2. The van der Waals surface area contributed by atoms with Gasteiger partial charge >= 0.3 is 5.97 Å². The Bertz CT molecular complexity index is 361. The number of nitrogens with two attached hydrogens (primary N) is 1. The van der Waals surface area contributed by atoms with Crippen LogP contribution in [0.1, 0.15) is 19.4 Å². The molecule has 0 aliphatic rings. The SMILES string of the molecule is CC(C)C(N)(C(=O)O)c1ccc(Cl)cc1. The van der Waals surface area contributed by atoms with Crippen molar-refractivity contribution in [1.82, 2.24) is 0 Å². The standard InChI is InChI=1S/C11H14ClNO2/c1-7(2)11(13,10(14)15)8-3-5-9(12)6-4-8/h3-7H,13H2,1-2H3,(H,14,15). The Labute approximate surface area is 93.9 Å². The van der Waals surface area contributed by atoms with Gasteiger partial charge in [0.05, 0.1) is 0 Å². The van der Waals surface area contributed by atoms with Crippen molar-refractivity contribution in [3.63, 3.8) is 0 Å². The molecule has 0 amide bonds. The van der Waals surface area contributed by atoms with Gasteiger partial charge < -0.3 is 10.8 Å². The van der Waals surface area contributed by atoms with Crippen molar-refractivity contribution in [2.24, 2.45) is 11.7 Å². The third kappa shape index (κ3) is 2.13. The third-order valence-corrected chi connectivity index (χ3v) is 2.84. The fourth-order valence-corrected chi connectivity index (χ4v) is 1.56. The minimum absolute atomic E-state index is 0.198. The fraction of sp³-hybridized carbons (Fsp3) is 0.364. The van der Waals surface area contributed by atoms with E-state index in [1.807, 2.05) is 0 Å². The van der Waals surface area contributed by atoms with E-state index in [1.54, 1.807) is 38.1 Å². The summed E-state index contributed by atoms with van der Waals surface area (Å²) in [7, 11) is 0. The zero-order valence-corrected chi connectivity index (χ0v) is 9.45. The normalized spacial score (nSPS) is 15.0. The Kier molecular flexibility index (Phi) is 3.37. The lowest BCUT2D eigenvalue weighted by molar-refractivity contribution is -0.145. The molecule has 0 spiro atoms. The second-order valence-electron chi connectivity index (χ2n) is 3.84. The fourth-order valence-electron chi connectivity index (χ4n) is 1.43. The van der Waals surface area contributed by atoms with Crippen LogP contribution >= 0.6 is 11.6 Å². The summed E-state index contributed by atoms with van der Waals surface area (Å²) in [5.74, 6) is -1.23. The van der Waals surface area contributed by atoms with Gasteiger partial charge in [-0.2, -0.15) is 0 Å². The van der Waals surface area contributed by atoms with Crippen LogP contribution in [0.3, 0.4) is 0 Å². The maximum Gasteiger partial charge on any atom is 0.328 e. The van der Waals surface area contributed by atoms with Crippen molar-refractivity contribution in [1.29, 1.82) is 0 Å². The topological polar surface area (TPSA) is 63.3 Å². The van der Waals surface area contributed by atoms with Crippen LogP contribution in [0.2, 0.25) is 5.02 Å².